The van der Waals surface area contributed by atoms with Crippen molar-refractivity contribution in [3.8, 4) is 5.75 Å². The minimum Gasteiger partial charge on any atom is -0.488 e. The second kappa shape index (κ2) is 9.37. The molecule has 1 aliphatic rings. The van der Waals surface area contributed by atoms with Crippen LogP contribution in [0, 0.1) is 6.92 Å². The first kappa shape index (κ1) is 19.9. The standard InChI is InChI=1S/C22H26N2O4/c1-16-7-6-8-17(13-16)22(26)24-15-19(28-18-9-4-3-5-10-18)14-20(24)21(25)23-11-12-27-2/h3-10,13,19-20H,11-12,14-15H2,1-2H3,(H,23,25). The van der Waals surface area contributed by atoms with E-state index in [1.54, 1.807) is 18.1 Å². The molecule has 0 saturated carbocycles. The van der Waals surface area contributed by atoms with Gasteiger partial charge in [0.05, 0.1) is 13.2 Å². The van der Waals surface area contributed by atoms with Crippen molar-refractivity contribution < 1.29 is 19.1 Å². The second-order valence-corrected chi connectivity index (χ2v) is 6.92. The number of aryl methyl sites for hydroxylation is 1. The zero-order valence-corrected chi connectivity index (χ0v) is 16.3. The first-order chi connectivity index (χ1) is 13.6. The summed E-state index contributed by atoms with van der Waals surface area (Å²) >= 11 is 0. The Hall–Kier alpha value is -2.86. The zero-order valence-electron chi connectivity index (χ0n) is 16.3. The molecule has 1 heterocycles. The number of likely N-dealkylation sites (tertiary alicyclic amines) is 1. The fourth-order valence-electron chi connectivity index (χ4n) is 3.39. The molecule has 3 rings (SSSR count). The Labute approximate surface area is 165 Å². The van der Waals surface area contributed by atoms with Crippen molar-refractivity contribution in [2.24, 2.45) is 0 Å². The van der Waals surface area contributed by atoms with Crippen LogP contribution < -0.4 is 10.1 Å². The van der Waals surface area contributed by atoms with E-state index in [-0.39, 0.29) is 17.9 Å². The molecule has 0 bridgehead atoms. The van der Waals surface area contributed by atoms with Crippen molar-refractivity contribution in [3.63, 3.8) is 0 Å². The van der Waals surface area contributed by atoms with Gasteiger partial charge in [-0.3, -0.25) is 9.59 Å². The highest BCUT2D eigenvalue weighted by Crippen LogP contribution is 2.25. The predicted octanol–water partition coefficient (Wildman–Crippen LogP) is 2.42. The summed E-state index contributed by atoms with van der Waals surface area (Å²) < 4.78 is 11.0. The minimum absolute atomic E-state index is 0.158. The average molecular weight is 382 g/mol. The van der Waals surface area contributed by atoms with Gasteiger partial charge in [0.2, 0.25) is 5.91 Å². The molecule has 1 saturated heterocycles. The van der Waals surface area contributed by atoms with E-state index in [9.17, 15) is 9.59 Å². The summed E-state index contributed by atoms with van der Waals surface area (Å²) in [7, 11) is 1.58. The number of para-hydroxylation sites is 1. The first-order valence-corrected chi connectivity index (χ1v) is 9.44. The van der Waals surface area contributed by atoms with Crippen LogP contribution in [0.5, 0.6) is 5.75 Å². The third-order valence-corrected chi connectivity index (χ3v) is 4.74. The molecule has 0 spiro atoms. The van der Waals surface area contributed by atoms with Crippen molar-refractivity contribution in [3.05, 3.63) is 65.7 Å². The number of amides is 2. The Morgan fingerprint density at radius 1 is 1.14 bits per heavy atom. The Morgan fingerprint density at radius 3 is 2.64 bits per heavy atom. The summed E-state index contributed by atoms with van der Waals surface area (Å²) in [5, 5.41) is 2.84. The third-order valence-electron chi connectivity index (χ3n) is 4.74. The quantitative estimate of drug-likeness (QED) is 0.747. The lowest BCUT2D eigenvalue weighted by atomic mass is 10.1. The maximum atomic E-state index is 13.1. The van der Waals surface area contributed by atoms with Gasteiger partial charge in [0.15, 0.2) is 0 Å². The SMILES string of the molecule is COCCNC(=O)C1CC(Oc2ccccc2)CN1C(=O)c1cccc(C)c1. The Bertz CT molecular complexity index is 809. The molecule has 148 valence electrons. The third kappa shape index (κ3) is 4.89. The van der Waals surface area contributed by atoms with Gasteiger partial charge >= 0.3 is 0 Å². The molecule has 6 heteroatoms. The van der Waals surface area contributed by atoms with E-state index < -0.39 is 6.04 Å². The summed E-state index contributed by atoms with van der Waals surface area (Å²) in [6, 6.07) is 16.3. The fourth-order valence-corrected chi connectivity index (χ4v) is 3.39. The number of nitrogens with zero attached hydrogens (tertiary/aromatic N) is 1. The first-order valence-electron chi connectivity index (χ1n) is 9.44. The Balaban J connectivity index is 1.76. The molecular weight excluding hydrogens is 356 g/mol. The van der Waals surface area contributed by atoms with Gasteiger partial charge in [0, 0.05) is 25.6 Å². The molecule has 0 radical (unpaired) electrons. The number of carbonyl (C=O) groups is 2. The van der Waals surface area contributed by atoms with Gasteiger partial charge < -0.3 is 19.7 Å². The summed E-state index contributed by atoms with van der Waals surface area (Å²) in [6.45, 7) is 3.14. The van der Waals surface area contributed by atoms with Gasteiger partial charge in [-0.2, -0.15) is 0 Å². The lowest BCUT2D eigenvalue weighted by Gasteiger charge is -2.23. The van der Waals surface area contributed by atoms with E-state index in [4.69, 9.17) is 9.47 Å². The minimum atomic E-state index is -0.571. The van der Waals surface area contributed by atoms with Crippen LogP contribution in [0.15, 0.2) is 54.6 Å². The number of methoxy groups -OCH3 is 1. The van der Waals surface area contributed by atoms with E-state index >= 15 is 0 Å². The summed E-state index contributed by atoms with van der Waals surface area (Å²) in [5.41, 5.74) is 1.58. The van der Waals surface area contributed by atoms with Crippen LogP contribution in [-0.2, 0) is 9.53 Å². The molecule has 2 amide bonds. The van der Waals surface area contributed by atoms with E-state index in [0.717, 1.165) is 11.3 Å². The molecule has 2 aromatic carbocycles. The van der Waals surface area contributed by atoms with E-state index in [1.807, 2.05) is 55.5 Å². The van der Waals surface area contributed by atoms with Crippen molar-refractivity contribution in [1.82, 2.24) is 10.2 Å². The highest BCUT2D eigenvalue weighted by atomic mass is 16.5. The molecule has 1 aliphatic heterocycles. The maximum Gasteiger partial charge on any atom is 0.254 e. The molecule has 1 N–H and O–H groups in total. The van der Waals surface area contributed by atoms with Gasteiger partial charge in [0.25, 0.3) is 5.91 Å². The highest BCUT2D eigenvalue weighted by molar-refractivity contribution is 5.98. The lowest BCUT2D eigenvalue weighted by Crippen LogP contribution is -2.46. The van der Waals surface area contributed by atoms with Crippen molar-refractivity contribution in [1.29, 1.82) is 0 Å². The largest absolute Gasteiger partial charge is 0.488 e. The van der Waals surface area contributed by atoms with E-state index in [0.29, 0.717) is 31.7 Å². The molecule has 6 nitrogen and oxygen atoms in total. The van der Waals surface area contributed by atoms with Crippen LogP contribution in [0.2, 0.25) is 0 Å². The van der Waals surface area contributed by atoms with Crippen LogP contribution in [0.3, 0.4) is 0 Å². The smallest absolute Gasteiger partial charge is 0.254 e. The topological polar surface area (TPSA) is 67.9 Å². The van der Waals surface area contributed by atoms with Gasteiger partial charge in [0.1, 0.15) is 17.9 Å². The predicted molar refractivity (Wildman–Crippen MR) is 106 cm³/mol. The lowest BCUT2D eigenvalue weighted by molar-refractivity contribution is -0.125. The summed E-state index contributed by atoms with van der Waals surface area (Å²) in [6.07, 6.45) is 0.208. The number of benzene rings is 2. The summed E-state index contributed by atoms with van der Waals surface area (Å²) in [5.74, 6) is 0.392. The number of ether oxygens (including phenoxy) is 2. The number of hydrogen-bond acceptors (Lipinski definition) is 4. The van der Waals surface area contributed by atoms with Gasteiger partial charge in [-0.15, -0.1) is 0 Å². The molecular formula is C22H26N2O4. The molecule has 1 fully saturated rings. The van der Waals surface area contributed by atoms with Gasteiger partial charge in [-0.25, -0.2) is 0 Å². The number of nitrogens with one attached hydrogen (secondary N) is 1. The molecule has 2 atom stereocenters. The number of carbonyl (C=O) groups excluding carboxylic acids is 2. The maximum absolute atomic E-state index is 13.1. The van der Waals surface area contributed by atoms with Crippen molar-refractivity contribution in [2.45, 2.75) is 25.5 Å². The molecule has 0 aliphatic carbocycles. The molecule has 0 aromatic heterocycles. The van der Waals surface area contributed by atoms with Crippen LogP contribution in [0.25, 0.3) is 0 Å². The average Bonchev–Trinajstić information content (AvgIpc) is 3.12. The number of rotatable bonds is 7. The summed E-state index contributed by atoms with van der Waals surface area (Å²) in [4.78, 5) is 27.4. The molecule has 2 aromatic rings. The fraction of sp³-hybridized carbons (Fsp3) is 0.364. The Morgan fingerprint density at radius 2 is 1.93 bits per heavy atom. The van der Waals surface area contributed by atoms with Crippen molar-refractivity contribution in [2.75, 3.05) is 26.8 Å². The van der Waals surface area contributed by atoms with Crippen LogP contribution in [-0.4, -0.2) is 55.7 Å². The van der Waals surface area contributed by atoms with E-state index in [1.165, 1.54) is 0 Å². The van der Waals surface area contributed by atoms with Crippen molar-refractivity contribution >= 4 is 11.8 Å². The monoisotopic (exact) mass is 382 g/mol. The normalized spacial score (nSPS) is 18.7. The second-order valence-electron chi connectivity index (χ2n) is 6.92. The van der Waals surface area contributed by atoms with Crippen LogP contribution in [0.1, 0.15) is 22.3 Å². The van der Waals surface area contributed by atoms with Crippen LogP contribution >= 0.6 is 0 Å². The highest BCUT2D eigenvalue weighted by Gasteiger charge is 2.41. The number of hydrogen-bond donors (Lipinski definition) is 1. The zero-order chi connectivity index (χ0) is 19.9. The van der Waals surface area contributed by atoms with E-state index in [2.05, 4.69) is 5.32 Å². The molecule has 2 unspecified atom stereocenters. The Kier molecular flexibility index (Phi) is 6.66. The van der Waals surface area contributed by atoms with Gasteiger partial charge in [-0.05, 0) is 31.2 Å². The molecule has 28 heavy (non-hydrogen) atoms. The van der Waals surface area contributed by atoms with Gasteiger partial charge in [-0.1, -0.05) is 35.9 Å². The van der Waals surface area contributed by atoms with Crippen LogP contribution in [0.4, 0.5) is 0 Å².